The standard InChI is InChI=1S/C28H33F6N7O2/c1-15(2)41-19(8-13-35-41)25(43)38-22(17-5-10-27(30,31)11-6-17)23-24(29)40-14-9-18(36-26(40)39-23)21(16-3-4-16)37-20(42)7-12-28(32,33)34/h8-9,13-17,21-22H,3-7,10-12H2,1-2H3,(H,37,42)(H,38,43)/t21?,22-/m0/s1. The molecule has 0 aliphatic heterocycles. The molecule has 2 saturated carbocycles. The predicted octanol–water partition coefficient (Wildman–Crippen LogP) is 5.85. The summed E-state index contributed by atoms with van der Waals surface area (Å²) in [6.07, 6.45) is -2.95. The van der Waals surface area contributed by atoms with Crippen molar-refractivity contribution >= 4 is 17.6 Å². The van der Waals surface area contributed by atoms with E-state index in [-0.39, 0.29) is 42.0 Å². The highest BCUT2D eigenvalue weighted by atomic mass is 19.4. The lowest BCUT2D eigenvalue weighted by molar-refractivity contribution is -0.144. The molecular weight excluding hydrogens is 580 g/mol. The van der Waals surface area contributed by atoms with Crippen LogP contribution in [0.5, 0.6) is 0 Å². The van der Waals surface area contributed by atoms with E-state index < -0.39 is 73.5 Å². The molecule has 3 aromatic heterocycles. The molecule has 3 heterocycles. The number of aromatic nitrogens is 5. The summed E-state index contributed by atoms with van der Waals surface area (Å²) in [5, 5.41) is 9.59. The summed E-state index contributed by atoms with van der Waals surface area (Å²) in [5.74, 6) is -5.68. The van der Waals surface area contributed by atoms with E-state index in [4.69, 9.17) is 0 Å². The molecule has 0 spiro atoms. The van der Waals surface area contributed by atoms with Crippen LogP contribution < -0.4 is 10.6 Å². The minimum atomic E-state index is -4.47. The molecule has 15 heteroatoms. The van der Waals surface area contributed by atoms with Crippen LogP contribution in [0.1, 0.15) is 105 Å². The van der Waals surface area contributed by atoms with Gasteiger partial charge in [-0.2, -0.15) is 22.7 Å². The van der Waals surface area contributed by atoms with E-state index in [1.54, 1.807) is 0 Å². The first kappa shape index (κ1) is 30.8. The van der Waals surface area contributed by atoms with Crippen LogP contribution in [-0.2, 0) is 4.79 Å². The molecule has 43 heavy (non-hydrogen) atoms. The number of carbonyl (C=O) groups is 2. The lowest BCUT2D eigenvalue weighted by Gasteiger charge is -2.33. The largest absolute Gasteiger partial charge is 0.389 e. The SMILES string of the molecule is CC(C)n1nccc1C(=O)N[C@H](c1nc2nc(C(NC(=O)CCC(F)(F)F)C3CC3)ccn2c1F)C1CCC(F)(F)CC1. The van der Waals surface area contributed by atoms with Crippen LogP contribution in [0.3, 0.4) is 0 Å². The van der Waals surface area contributed by atoms with Crippen LogP contribution in [0.2, 0.25) is 0 Å². The van der Waals surface area contributed by atoms with Gasteiger partial charge in [0, 0.05) is 37.7 Å². The number of imidazole rings is 1. The predicted molar refractivity (Wildman–Crippen MR) is 142 cm³/mol. The number of hydrogen-bond donors (Lipinski definition) is 2. The van der Waals surface area contributed by atoms with Crippen molar-refractivity contribution in [1.29, 1.82) is 0 Å². The summed E-state index contributed by atoms with van der Waals surface area (Å²) in [4.78, 5) is 34.4. The highest BCUT2D eigenvalue weighted by molar-refractivity contribution is 5.92. The van der Waals surface area contributed by atoms with Crippen LogP contribution in [0, 0.1) is 17.8 Å². The van der Waals surface area contributed by atoms with Crippen molar-refractivity contribution in [3.05, 3.63) is 47.6 Å². The molecular formula is C28H33F6N7O2. The van der Waals surface area contributed by atoms with Gasteiger partial charge in [-0.25, -0.2) is 18.7 Å². The van der Waals surface area contributed by atoms with Crippen molar-refractivity contribution in [3.8, 4) is 0 Å². The summed E-state index contributed by atoms with van der Waals surface area (Å²) < 4.78 is 84.3. The van der Waals surface area contributed by atoms with Crippen molar-refractivity contribution < 1.29 is 35.9 Å². The van der Waals surface area contributed by atoms with Gasteiger partial charge in [0.1, 0.15) is 11.4 Å². The molecule has 0 radical (unpaired) electrons. The summed E-state index contributed by atoms with van der Waals surface area (Å²) in [7, 11) is 0. The molecule has 5 rings (SSSR count). The van der Waals surface area contributed by atoms with E-state index in [0.717, 1.165) is 17.2 Å². The van der Waals surface area contributed by atoms with Crippen molar-refractivity contribution in [1.82, 2.24) is 34.8 Å². The minimum Gasteiger partial charge on any atom is -0.347 e. The second-order valence-electron chi connectivity index (χ2n) is 11.7. The normalized spacial score (nSPS) is 19.0. The maximum absolute atomic E-state index is 15.9. The average Bonchev–Trinajstić information content (AvgIpc) is 3.55. The first-order valence-corrected chi connectivity index (χ1v) is 14.3. The van der Waals surface area contributed by atoms with Gasteiger partial charge in [-0.05, 0) is 63.5 Å². The molecule has 0 saturated heterocycles. The number of rotatable bonds is 10. The van der Waals surface area contributed by atoms with Gasteiger partial charge in [0.05, 0.1) is 24.2 Å². The van der Waals surface area contributed by atoms with Gasteiger partial charge >= 0.3 is 6.18 Å². The van der Waals surface area contributed by atoms with Gasteiger partial charge in [0.2, 0.25) is 23.6 Å². The molecule has 3 aromatic rings. The third-order valence-electron chi connectivity index (χ3n) is 8.05. The molecule has 9 nitrogen and oxygen atoms in total. The van der Waals surface area contributed by atoms with Gasteiger partial charge in [-0.1, -0.05) is 0 Å². The van der Waals surface area contributed by atoms with Crippen LogP contribution in [-0.4, -0.2) is 48.1 Å². The number of nitrogens with one attached hydrogen (secondary N) is 2. The maximum atomic E-state index is 15.9. The maximum Gasteiger partial charge on any atom is 0.389 e. The molecule has 2 amide bonds. The van der Waals surface area contributed by atoms with Gasteiger partial charge < -0.3 is 10.6 Å². The summed E-state index contributed by atoms with van der Waals surface area (Å²) in [5.41, 5.74) is 0.367. The zero-order valence-corrected chi connectivity index (χ0v) is 23.7. The molecule has 2 aliphatic carbocycles. The number of amides is 2. The Kier molecular flexibility index (Phi) is 8.45. The molecule has 2 N–H and O–H groups in total. The fraction of sp³-hybridized carbons (Fsp3) is 0.607. The Bertz CT molecular complexity index is 1470. The lowest BCUT2D eigenvalue weighted by atomic mass is 9.81. The highest BCUT2D eigenvalue weighted by Gasteiger charge is 2.41. The fourth-order valence-electron chi connectivity index (χ4n) is 5.59. The lowest BCUT2D eigenvalue weighted by Crippen LogP contribution is -2.38. The van der Waals surface area contributed by atoms with Crippen molar-refractivity contribution in [2.45, 2.75) is 95.4 Å². The summed E-state index contributed by atoms with van der Waals surface area (Å²) in [6.45, 7) is 3.67. The Morgan fingerprint density at radius 3 is 2.33 bits per heavy atom. The van der Waals surface area contributed by atoms with E-state index >= 15 is 4.39 Å². The van der Waals surface area contributed by atoms with Crippen LogP contribution in [0.25, 0.3) is 5.78 Å². The zero-order valence-electron chi connectivity index (χ0n) is 23.7. The Balaban J connectivity index is 1.44. The molecule has 2 fully saturated rings. The van der Waals surface area contributed by atoms with Crippen molar-refractivity contribution in [2.75, 3.05) is 0 Å². The zero-order chi connectivity index (χ0) is 31.1. The van der Waals surface area contributed by atoms with E-state index in [9.17, 15) is 31.5 Å². The molecule has 0 aromatic carbocycles. The van der Waals surface area contributed by atoms with Crippen molar-refractivity contribution in [2.24, 2.45) is 11.8 Å². The highest BCUT2D eigenvalue weighted by Crippen LogP contribution is 2.43. The molecule has 1 unspecified atom stereocenters. The molecule has 2 aliphatic rings. The molecule has 0 bridgehead atoms. The van der Waals surface area contributed by atoms with E-state index in [2.05, 4.69) is 25.7 Å². The Morgan fingerprint density at radius 1 is 1.02 bits per heavy atom. The number of nitrogens with zero attached hydrogens (tertiary/aromatic N) is 5. The summed E-state index contributed by atoms with van der Waals surface area (Å²) >= 11 is 0. The molecule has 234 valence electrons. The smallest absolute Gasteiger partial charge is 0.347 e. The number of carbonyl (C=O) groups excluding carboxylic acids is 2. The first-order chi connectivity index (χ1) is 20.2. The van der Waals surface area contributed by atoms with Gasteiger partial charge in [0.25, 0.3) is 5.91 Å². The van der Waals surface area contributed by atoms with Gasteiger partial charge in [0.15, 0.2) is 0 Å². The number of hydrogen-bond acceptors (Lipinski definition) is 5. The van der Waals surface area contributed by atoms with Gasteiger partial charge in [-0.15, -0.1) is 0 Å². The summed E-state index contributed by atoms with van der Waals surface area (Å²) in [6, 6.07) is 1.10. The van der Waals surface area contributed by atoms with E-state index in [1.807, 2.05) is 13.8 Å². The van der Waals surface area contributed by atoms with E-state index in [1.165, 1.54) is 29.2 Å². The monoisotopic (exact) mass is 613 g/mol. The number of fused-ring (bicyclic) bond motifs is 1. The minimum absolute atomic E-state index is 0.0289. The first-order valence-electron chi connectivity index (χ1n) is 14.3. The second-order valence-corrected chi connectivity index (χ2v) is 11.7. The number of alkyl halides is 5. The van der Waals surface area contributed by atoms with Crippen LogP contribution >= 0.6 is 0 Å². The third kappa shape index (κ3) is 7.12. The Morgan fingerprint density at radius 2 is 1.70 bits per heavy atom. The van der Waals surface area contributed by atoms with Crippen molar-refractivity contribution in [3.63, 3.8) is 0 Å². The third-order valence-corrected chi connectivity index (χ3v) is 8.05. The van der Waals surface area contributed by atoms with Crippen LogP contribution in [0.4, 0.5) is 26.3 Å². The topological polar surface area (TPSA) is 106 Å². The van der Waals surface area contributed by atoms with E-state index in [0.29, 0.717) is 5.69 Å². The van der Waals surface area contributed by atoms with Gasteiger partial charge in [-0.3, -0.25) is 18.7 Å². The Hall–Kier alpha value is -3.65. The quantitative estimate of drug-likeness (QED) is 0.279. The Labute approximate surface area is 243 Å². The fourth-order valence-corrected chi connectivity index (χ4v) is 5.59. The molecule has 2 atom stereocenters. The number of halogens is 6. The second kappa shape index (κ2) is 11.8. The average molecular weight is 614 g/mol. The van der Waals surface area contributed by atoms with Crippen LogP contribution in [0.15, 0.2) is 24.5 Å².